The van der Waals surface area contributed by atoms with Gasteiger partial charge in [-0.05, 0) is 49.9 Å². The van der Waals surface area contributed by atoms with Crippen molar-refractivity contribution in [1.29, 1.82) is 0 Å². The molecule has 1 aliphatic rings. The zero-order chi connectivity index (χ0) is 21.6. The molecule has 1 N–H and O–H groups in total. The lowest BCUT2D eigenvalue weighted by Gasteiger charge is -2.30. The quantitative estimate of drug-likeness (QED) is 0.624. The fraction of sp³-hybridized carbons (Fsp3) is 0.526. The molecule has 160 valence electrons. The monoisotopic (exact) mass is 416 g/mol. The normalized spacial score (nSPS) is 14.7. The van der Waals surface area contributed by atoms with E-state index in [1.807, 2.05) is 0 Å². The molecule has 1 aromatic rings. The van der Waals surface area contributed by atoms with Crippen LogP contribution in [0.5, 0.6) is 5.75 Å². The number of halogens is 3. The van der Waals surface area contributed by atoms with Crippen molar-refractivity contribution in [2.45, 2.75) is 32.0 Å². The molecule has 2 rings (SSSR count). The van der Waals surface area contributed by atoms with Gasteiger partial charge in [0.05, 0.1) is 7.11 Å². The Morgan fingerprint density at radius 2 is 1.83 bits per heavy atom. The molecular weight excluding hydrogens is 393 g/mol. The molecule has 7 nitrogen and oxygen atoms in total. The number of esters is 1. The van der Waals surface area contributed by atoms with E-state index in [1.165, 1.54) is 19.2 Å². The molecule has 0 aliphatic heterocycles. The lowest BCUT2D eigenvalue weighted by atomic mass is 10.2. The average Bonchev–Trinajstić information content (AvgIpc) is 3.52. The number of nitrogens with one attached hydrogen (secondary N) is 1. The minimum atomic E-state index is -4.55. The highest BCUT2D eigenvalue weighted by molar-refractivity contribution is 5.96. The third-order valence-electron chi connectivity index (χ3n) is 4.57. The summed E-state index contributed by atoms with van der Waals surface area (Å²) in [5.74, 6) is -1.80. The summed E-state index contributed by atoms with van der Waals surface area (Å²) < 4.78 is 48.0. The summed E-state index contributed by atoms with van der Waals surface area (Å²) in [7, 11) is 1.48. The maximum Gasteiger partial charge on any atom is 0.406 e. The van der Waals surface area contributed by atoms with E-state index in [2.05, 4.69) is 5.32 Å². The van der Waals surface area contributed by atoms with Crippen LogP contribution in [-0.4, -0.2) is 61.7 Å². The van der Waals surface area contributed by atoms with Crippen molar-refractivity contribution in [3.05, 3.63) is 29.8 Å². The second-order valence-electron chi connectivity index (χ2n) is 6.79. The van der Waals surface area contributed by atoms with Gasteiger partial charge in [0.1, 0.15) is 18.8 Å². The number of hydrogen-bond acceptors (Lipinski definition) is 5. The second-order valence-corrected chi connectivity index (χ2v) is 6.79. The van der Waals surface area contributed by atoms with Crippen LogP contribution in [0.15, 0.2) is 24.3 Å². The van der Waals surface area contributed by atoms with Crippen LogP contribution in [-0.2, 0) is 14.3 Å². The predicted octanol–water partition coefficient (Wildman–Crippen LogP) is 2.16. The van der Waals surface area contributed by atoms with Gasteiger partial charge in [-0.25, -0.2) is 0 Å². The molecule has 0 spiro atoms. The summed E-state index contributed by atoms with van der Waals surface area (Å²) in [4.78, 5) is 36.6. The zero-order valence-corrected chi connectivity index (χ0v) is 16.1. The molecule has 2 amide bonds. The highest BCUT2D eigenvalue weighted by Gasteiger charge is 2.40. The minimum absolute atomic E-state index is 0.0285. The highest BCUT2D eigenvalue weighted by atomic mass is 19.4. The van der Waals surface area contributed by atoms with Gasteiger partial charge < -0.3 is 19.7 Å². The Morgan fingerprint density at radius 3 is 2.34 bits per heavy atom. The molecule has 0 radical (unpaired) electrons. The number of alkyl halides is 3. The summed E-state index contributed by atoms with van der Waals surface area (Å²) in [5, 5.41) is 2.32. The lowest BCUT2D eigenvalue weighted by molar-refractivity contribution is -0.170. The Kier molecular flexibility index (Phi) is 7.46. The topological polar surface area (TPSA) is 84.9 Å². The molecule has 29 heavy (non-hydrogen) atoms. The Hall–Kier alpha value is -2.78. The molecule has 0 bridgehead atoms. The van der Waals surface area contributed by atoms with E-state index in [0.29, 0.717) is 10.6 Å². The highest BCUT2D eigenvalue weighted by Crippen LogP contribution is 2.36. The number of carbonyl (C=O) groups is 3. The largest absolute Gasteiger partial charge is 0.497 e. The Bertz CT molecular complexity index is 732. The van der Waals surface area contributed by atoms with Gasteiger partial charge in [-0.2, -0.15) is 13.2 Å². The van der Waals surface area contributed by atoms with Crippen LogP contribution >= 0.6 is 0 Å². The Balaban J connectivity index is 1.81. The summed E-state index contributed by atoms with van der Waals surface area (Å²) >= 11 is 0. The molecule has 0 saturated heterocycles. The summed E-state index contributed by atoms with van der Waals surface area (Å²) in [6.45, 7) is -1.17. The zero-order valence-electron chi connectivity index (χ0n) is 16.1. The van der Waals surface area contributed by atoms with Gasteiger partial charge in [0, 0.05) is 11.6 Å². The molecule has 0 heterocycles. The van der Waals surface area contributed by atoms with Crippen molar-refractivity contribution in [1.82, 2.24) is 10.2 Å². The lowest BCUT2D eigenvalue weighted by Crippen LogP contribution is -2.47. The number of hydrogen-bond donors (Lipinski definition) is 1. The number of ether oxygens (including phenoxy) is 2. The van der Waals surface area contributed by atoms with Crippen molar-refractivity contribution >= 4 is 17.8 Å². The van der Waals surface area contributed by atoms with Crippen LogP contribution in [0.3, 0.4) is 0 Å². The third-order valence-corrected chi connectivity index (χ3v) is 4.57. The van der Waals surface area contributed by atoms with Crippen molar-refractivity contribution < 1.29 is 37.0 Å². The smallest absolute Gasteiger partial charge is 0.406 e. The van der Waals surface area contributed by atoms with Crippen LogP contribution in [0, 0.1) is 5.92 Å². The fourth-order valence-electron chi connectivity index (χ4n) is 2.76. The molecule has 1 saturated carbocycles. The van der Waals surface area contributed by atoms with Gasteiger partial charge in [-0.1, -0.05) is 0 Å². The van der Waals surface area contributed by atoms with Crippen molar-refractivity contribution in [3.63, 3.8) is 0 Å². The first kappa shape index (κ1) is 22.5. The minimum Gasteiger partial charge on any atom is -0.497 e. The van der Waals surface area contributed by atoms with Crippen LogP contribution in [0.2, 0.25) is 0 Å². The molecule has 1 atom stereocenters. The molecule has 1 aromatic carbocycles. The van der Waals surface area contributed by atoms with Gasteiger partial charge in [-0.15, -0.1) is 0 Å². The standard InChI is InChI=1S/C19H23F3N2O5/c1-12(13-3-4-13)24(11-19(20,21)22)16(25)10-29-17(26)9-23-18(27)14-5-7-15(28-2)8-6-14/h5-8,12-13H,3-4,9-11H2,1-2H3,(H,23,27)/t12-/m0/s1. The van der Waals surface area contributed by atoms with Crippen LogP contribution in [0.25, 0.3) is 0 Å². The maximum atomic E-state index is 12.8. The third kappa shape index (κ3) is 7.28. The van der Waals surface area contributed by atoms with E-state index in [9.17, 15) is 27.6 Å². The van der Waals surface area contributed by atoms with E-state index in [0.717, 1.165) is 12.8 Å². The Morgan fingerprint density at radius 1 is 1.21 bits per heavy atom. The number of carbonyl (C=O) groups excluding carboxylic acids is 3. The predicted molar refractivity (Wildman–Crippen MR) is 96.2 cm³/mol. The van der Waals surface area contributed by atoms with E-state index >= 15 is 0 Å². The summed E-state index contributed by atoms with van der Waals surface area (Å²) in [5.41, 5.74) is 0.282. The van der Waals surface area contributed by atoms with Gasteiger partial charge in [0.25, 0.3) is 11.8 Å². The number of benzene rings is 1. The number of methoxy groups -OCH3 is 1. The first-order valence-electron chi connectivity index (χ1n) is 9.05. The molecular formula is C19H23F3N2O5. The van der Waals surface area contributed by atoms with Crippen LogP contribution in [0.1, 0.15) is 30.1 Å². The van der Waals surface area contributed by atoms with E-state index in [4.69, 9.17) is 9.47 Å². The van der Waals surface area contributed by atoms with E-state index < -0.39 is 49.7 Å². The SMILES string of the molecule is COc1ccc(C(=O)NCC(=O)OCC(=O)N(CC(F)(F)F)[C@@H](C)C2CC2)cc1. The van der Waals surface area contributed by atoms with E-state index in [1.54, 1.807) is 19.1 Å². The fourth-order valence-corrected chi connectivity index (χ4v) is 2.76. The number of amides is 2. The van der Waals surface area contributed by atoms with Gasteiger partial charge in [-0.3, -0.25) is 14.4 Å². The van der Waals surface area contributed by atoms with Gasteiger partial charge >= 0.3 is 12.1 Å². The average molecular weight is 416 g/mol. The molecule has 10 heteroatoms. The van der Waals surface area contributed by atoms with Crippen molar-refractivity contribution in [2.75, 3.05) is 26.8 Å². The van der Waals surface area contributed by atoms with E-state index in [-0.39, 0.29) is 11.5 Å². The number of rotatable bonds is 9. The van der Waals surface area contributed by atoms with Crippen LogP contribution < -0.4 is 10.1 Å². The molecule has 0 unspecified atom stereocenters. The summed E-state index contributed by atoms with van der Waals surface area (Å²) in [6.07, 6.45) is -3.02. The van der Waals surface area contributed by atoms with Gasteiger partial charge in [0.2, 0.25) is 0 Å². The first-order valence-corrected chi connectivity index (χ1v) is 9.05. The van der Waals surface area contributed by atoms with Crippen molar-refractivity contribution in [3.8, 4) is 5.75 Å². The second kappa shape index (κ2) is 9.62. The molecule has 1 aliphatic carbocycles. The van der Waals surface area contributed by atoms with Crippen LogP contribution in [0.4, 0.5) is 13.2 Å². The maximum absolute atomic E-state index is 12.8. The number of nitrogens with zero attached hydrogens (tertiary/aromatic N) is 1. The van der Waals surface area contributed by atoms with Crippen molar-refractivity contribution in [2.24, 2.45) is 5.92 Å². The first-order chi connectivity index (χ1) is 13.6. The summed E-state index contributed by atoms with van der Waals surface area (Å²) in [6, 6.07) is 5.55. The molecule has 0 aromatic heterocycles. The van der Waals surface area contributed by atoms with Gasteiger partial charge in [0.15, 0.2) is 6.61 Å². The molecule has 1 fully saturated rings. The Labute approximate surface area is 166 Å².